The molecule has 2 heterocycles. The molecule has 3 atom stereocenters. The molecule has 0 saturated carbocycles. The summed E-state index contributed by atoms with van der Waals surface area (Å²) in [7, 11) is 4.07. The van der Waals surface area contributed by atoms with Gasteiger partial charge in [-0.3, -0.25) is 4.79 Å². The Morgan fingerprint density at radius 1 is 1.30 bits per heavy atom. The molecule has 0 radical (unpaired) electrons. The van der Waals surface area contributed by atoms with Crippen molar-refractivity contribution in [3.05, 3.63) is 35.9 Å². The van der Waals surface area contributed by atoms with Gasteiger partial charge in [-0.05, 0) is 19.7 Å². The number of fused-ring (bicyclic) bond motifs is 1. The number of hydrogen-bond acceptors (Lipinski definition) is 4. The number of likely N-dealkylation sites (tertiary alicyclic amines) is 1. The van der Waals surface area contributed by atoms with E-state index >= 15 is 0 Å². The average Bonchev–Trinajstić information content (AvgIpc) is 3.11. The van der Waals surface area contributed by atoms with E-state index in [-0.39, 0.29) is 18.1 Å². The molecule has 2 saturated heterocycles. The summed E-state index contributed by atoms with van der Waals surface area (Å²) >= 11 is 0. The summed E-state index contributed by atoms with van der Waals surface area (Å²) < 4.78 is 11.7. The van der Waals surface area contributed by atoms with Crippen molar-refractivity contribution in [2.75, 3.05) is 47.0 Å². The largest absolute Gasteiger partial charge is 0.379 e. The maximum Gasteiger partial charge on any atom is 0.227 e. The first-order valence-corrected chi connectivity index (χ1v) is 8.32. The molecule has 5 nitrogen and oxygen atoms in total. The van der Waals surface area contributed by atoms with Gasteiger partial charge in [0.25, 0.3) is 0 Å². The Bertz CT molecular complexity index is 520. The smallest absolute Gasteiger partial charge is 0.227 e. The van der Waals surface area contributed by atoms with Crippen molar-refractivity contribution < 1.29 is 14.3 Å². The molecule has 0 N–H and O–H groups in total. The minimum atomic E-state index is 0.0992. The zero-order chi connectivity index (χ0) is 16.2. The van der Waals surface area contributed by atoms with Crippen LogP contribution >= 0.6 is 0 Å². The number of carbonyl (C=O) groups is 1. The molecule has 2 aliphatic heterocycles. The van der Waals surface area contributed by atoms with Crippen molar-refractivity contribution in [1.29, 1.82) is 0 Å². The number of nitrogens with zero attached hydrogens (tertiary/aromatic N) is 2. The van der Waals surface area contributed by atoms with E-state index in [1.165, 1.54) is 0 Å². The second kappa shape index (κ2) is 7.43. The molecule has 2 aliphatic rings. The Hall–Kier alpha value is -1.43. The number of likely N-dealkylation sites (N-methyl/N-ethyl adjacent to an activating group) is 1. The molecule has 0 bridgehead atoms. The molecule has 1 aromatic carbocycles. The van der Waals surface area contributed by atoms with E-state index in [1.54, 1.807) is 0 Å². The summed E-state index contributed by atoms with van der Waals surface area (Å²) in [6.45, 7) is 3.62. The van der Waals surface area contributed by atoms with Crippen LogP contribution in [0.3, 0.4) is 0 Å². The highest BCUT2D eigenvalue weighted by atomic mass is 16.5. The van der Waals surface area contributed by atoms with Crippen molar-refractivity contribution >= 4 is 5.91 Å². The third kappa shape index (κ3) is 3.91. The van der Waals surface area contributed by atoms with Crippen LogP contribution in [0.15, 0.2) is 30.3 Å². The zero-order valence-electron chi connectivity index (χ0n) is 14.0. The van der Waals surface area contributed by atoms with E-state index in [4.69, 9.17) is 9.47 Å². The number of ether oxygens (including phenoxy) is 2. The van der Waals surface area contributed by atoms with Gasteiger partial charge in [0.05, 0.1) is 38.4 Å². The van der Waals surface area contributed by atoms with Gasteiger partial charge in [-0.1, -0.05) is 30.3 Å². The van der Waals surface area contributed by atoms with Crippen LogP contribution in [-0.2, 0) is 20.7 Å². The first kappa shape index (κ1) is 16.4. The molecule has 0 spiro atoms. The predicted molar refractivity (Wildman–Crippen MR) is 88.3 cm³/mol. The fourth-order valence-electron chi connectivity index (χ4n) is 3.42. The van der Waals surface area contributed by atoms with Gasteiger partial charge in [-0.15, -0.1) is 0 Å². The molecule has 126 valence electrons. The normalized spacial score (nSPS) is 26.7. The van der Waals surface area contributed by atoms with Gasteiger partial charge in [-0.2, -0.15) is 0 Å². The lowest BCUT2D eigenvalue weighted by Crippen LogP contribution is -2.39. The monoisotopic (exact) mass is 318 g/mol. The molecule has 5 heteroatoms. The van der Waals surface area contributed by atoms with E-state index in [1.807, 2.05) is 49.3 Å². The van der Waals surface area contributed by atoms with Crippen LogP contribution < -0.4 is 0 Å². The van der Waals surface area contributed by atoms with Crippen molar-refractivity contribution in [2.24, 2.45) is 5.92 Å². The number of hydrogen-bond donors (Lipinski definition) is 0. The van der Waals surface area contributed by atoms with Gasteiger partial charge in [0.2, 0.25) is 5.91 Å². The van der Waals surface area contributed by atoms with E-state index < -0.39 is 0 Å². The maximum absolute atomic E-state index is 12.7. The van der Waals surface area contributed by atoms with E-state index in [9.17, 15) is 4.79 Å². The van der Waals surface area contributed by atoms with Crippen LogP contribution in [0.2, 0.25) is 0 Å². The molecule has 1 amide bonds. The third-order valence-electron chi connectivity index (χ3n) is 4.74. The molecular formula is C18H26N2O3. The Kier molecular flexibility index (Phi) is 5.30. The van der Waals surface area contributed by atoms with E-state index in [2.05, 4.69) is 4.90 Å². The third-order valence-corrected chi connectivity index (χ3v) is 4.74. The fraction of sp³-hybridized carbons (Fsp3) is 0.611. The van der Waals surface area contributed by atoms with Gasteiger partial charge in [0.1, 0.15) is 0 Å². The second-order valence-corrected chi connectivity index (χ2v) is 6.69. The van der Waals surface area contributed by atoms with Gasteiger partial charge in [0, 0.05) is 19.0 Å². The Morgan fingerprint density at radius 2 is 2.09 bits per heavy atom. The van der Waals surface area contributed by atoms with Crippen LogP contribution in [0.1, 0.15) is 5.56 Å². The minimum Gasteiger partial charge on any atom is -0.379 e. The maximum atomic E-state index is 12.7. The van der Waals surface area contributed by atoms with Crippen LogP contribution in [-0.4, -0.2) is 74.9 Å². The Balaban J connectivity index is 1.60. The Labute approximate surface area is 138 Å². The summed E-state index contributed by atoms with van der Waals surface area (Å²) in [5, 5.41) is 0. The van der Waals surface area contributed by atoms with Crippen LogP contribution in [0.25, 0.3) is 0 Å². The summed E-state index contributed by atoms with van der Waals surface area (Å²) in [5.74, 6) is 0.493. The SMILES string of the molecule is CN(C)CCO[C@@H]1CN(C(=O)Cc2ccccc2)[C@H]2COC[C@@H]12. The highest BCUT2D eigenvalue weighted by molar-refractivity contribution is 5.79. The number of amides is 1. The molecule has 0 aromatic heterocycles. The van der Waals surface area contributed by atoms with Crippen LogP contribution in [0.5, 0.6) is 0 Å². The second-order valence-electron chi connectivity index (χ2n) is 6.69. The van der Waals surface area contributed by atoms with Crippen molar-refractivity contribution in [3.8, 4) is 0 Å². The van der Waals surface area contributed by atoms with Crippen molar-refractivity contribution in [3.63, 3.8) is 0 Å². The first-order chi connectivity index (χ1) is 11.1. The fourth-order valence-corrected chi connectivity index (χ4v) is 3.42. The lowest BCUT2D eigenvalue weighted by atomic mass is 10.0. The van der Waals surface area contributed by atoms with Gasteiger partial charge < -0.3 is 19.3 Å². The van der Waals surface area contributed by atoms with Gasteiger partial charge in [-0.25, -0.2) is 0 Å². The van der Waals surface area contributed by atoms with Crippen molar-refractivity contribution in [2.45, 2.75) is 18.6 Å². The minimum absolute atomic E-state index is 0.0992. The van der Waals surface area contributed by atoms with E-state index in [0.29, 0.717) is 38.7 Å². The lowest BCUT2D eigenvalue weighted by Gasteiger charge is -2.22. The zero-order valence-corrected chi connectivity index (χ0v) is 14.0. The van der Waals surface area contributed by atoms with Crippen LogP contribution in [0, 0.1) is 5.92 Å². The molecule has 0 unspecified atom stereocenters. The summed E-state index contributed by atoms with van der Waals surface area (Å²) in [4.78, 5) is 16.8. The molecule has 2 fully saturated rings. The topological polar surface area (TPSA) is 42.0 Å². The number of carbonyl (C=O) groups excluding carboxylic acids is 1. The van der Waals surface area contributed by atoms with Gasteiger partial charge >= 0.3 is 0 Å². The molecule has 3 rings (SSSR count). The highest BCUT2D eigenvalue weighted by Crippen LogP contribution is 2.32. The summed E-state index contributed by atoms with van der Waals surface area (Å²) in [5.41, 5.74) is 1.06. The van der Waals surface area contributed by atoms with Gasteiger partial charge in [0.15, 0.2) is 0 Å². The molecule has 1 aromatic rings. The summed E-state index contributed by atoms with van der Waals surface area (Å²) in [6.07, 6.45) is 0.552. The standard InChI is InChI=1S/C18H26N2O3/c1-19(2)8-9-23-17-11-20(16-13-22-12-15(16)17)18(21)10-14-6-4-3-5-7-14/h3-7,15-17H,8-13H2,1-2H3/t15-,16+,17-/m1/s1. The van der Waals surface area contributed by atoms with E-state index in [0.717, 1.165) is 12.1 Å². The molecule has 23 heavy (non-hydrogen) atoms. The number of benzene rings is 1. The first-order valence-electron chi connectivity index (χ1n) is 8.32. The quantitative estimate of drug-likeness (QED) is 0.786. The highest BCUT2D eigenvalue weighted by Gasteiger charge is 2.47. The lowest BCUT2D eigenvalue weighted by molar-refractivity contribution is -0.132. The molecule has 0 aliphatic carbocycles. The molecular weight excluding hydrogens is 292 g/mol. The predicted octanol–water partition coefficient (Wildman–Crippen LogP) is 1.03. The Morgan fingerprint density at radius 3 is 2.83 bits per heavy atom. The average molecular weight is 318 g/mol. The van der Waals surface area contributed by atoms with Crippen LogP contribution in [0.4, 0.5) is 0 Å². The summed E-state index contributed by atoms with van der Waals surface area (Å²) in [6, 6.07) is 10.1. The van der Waals surface area contributed by atoms with Crippen molar-refractivity contribution in [1.82, 2.24) is 9.80 Å². The number of rotatable bonds is 6.